The second-order valence-electron chi connectivity index (χ2n) is 3.10. The smallest absolute Gasteiger partial charge is 0.153 e. The summed E-state index contributed by atoms with van der Waals surface area (Å²) >= 11 is 0. The van der Waals surface area contributed by atoms with E-state index in [-0.39, 0.29) is 18.3 Å². The van der Waals surface area contributed by atoms with Gasteiger partial charge in [0.1, 0.15) is 0 Å². The number of rotatable bonds is 2. The lowest BCUT2D eigenvalue weighted by Gasteiger charge is -2.18. The molecule has 0 aliphatic heterocycles. The maximum Gasteiger partial charge on any atom is 0.153 e. The molecule has 0 saturated heterocycles. The molecule has 0 amide bonds. The van der Waals surface area contributed by atoms with Gasteiger partial charge in [0.15, 0.2) is 5.78 Å². The Bertz CT molecular complexity index is 200. The van der Waals surface area contributed by atoms with Crippen LogP contribution in [0.15, 0.2) is 12.2 Å². The summed E-state index contributed by atoms with van der Waals surface area (Å²) in [6.07, 6.45) is 4.04. The molecule has 0 bridgehead atoms. The Kier molecular flexibility index (Phi) is 2.11. The molecule has 1 rings (SSSR count). The maximum absolute atomic E-state index is 11.0. The molecule has 1 aliphatic rings. The normalized spacial score (nSPS) is 36.1. The van der Waals surface area contributed by atoms with Crippen molar-refractivity contribution in [2.75, 3.05) is 6.61 Å². The van der Waals surface area contributed by atoms with Gasteiger partial charge in [-0.1, -0.05) is 12.2 Å². The van der Waals surface area contributed by atoms with Crippen molar-refractivity contribution in [1.29, 1.82) is 0 Å². The van der Waals surface area contributed by atoms with Gasteiger partial charge in [-0.2, -0.15) is 0 Å². The Balaban J connectivity index is 2.67. The highest BCUT2D eigenvalue weighted by Gasteiger charge is 2.34. The van der Waals surface area contributed by atoms with Gasteiger partial charge in [0.05, 0.1) is 5.54 Å². The molecule has 3 nitrogen and oxygen atoms in total. The second kappa shape index (κ2) is 2.75. The minimum atomic E-state index is -0.812. The topological polar surface area (TPSA) is 63.3 Å². The van der Waals surface area contributed by atoms with E-state index >= 15 is 0 Å². The van der Waals surface area contributed by atoms with Crippen molar-refractivity contribution < 1.29 is 9.90 Å². The van der Waals surface area contributed by atoms with Gasteiger partial charge in [0, 0.05) is 12.5 Å². The van der Waals surface area contributed by atoms with E-state index < -0.39 is 5.54 Å². The molecule has 0 unspecified atom stereocenters. The lowest BCUT2D eigenvalue weighted by atomic mass is 9.93. The number of aliphatic hydroxyl groups is 1. The van der Waals surface area contributed by atoms with E-state index in [1.54, 1.807) is 12.2 Å². The van der Waals surface area contributed by atoms with Gasteiger partial charge in [-0.3, -0.25) is 4.79 Å². The molecule has 0 aromatic heterocycles. The van der Waals surface area contributed by atoms with Crippen molar-refractivity contribution in [3.8, 4) is 0 Å². The highest BCUT2D eigenvalue weighted by Crippen LogP contribution is 2.25. The number of Topliss-reactive ketones (excluding diaryl/α,β-unsaturated/α-hetero) is 1. The van der Waals surface area contributed by atoms with E-state index in [0.717, 1.165) is 0 Å². The molecule has 3 N–H and O–H groups in total. The SMILES string of the molecule is CC(=O)[C@]1(N)C=C[C@H](CO)C1. The van der Waals surface area contributed by atoms with Crippen LogP contribution in [0.3, 0.4) is 0 Å². The van der Waals surface area contributed by atoms with Crippen molar-refractivity contribution in [2.45, 2.75) is 18.9 Å². The van der Waals surface area contributed by atoms with E-state index in [0.29, 0.717) is 6.42 Å². The average molecular weight is 155 g/mol. The Morgan fingerprint density at radius 1 is 1.91 bits per heavy atom. The van der Waals surface area contributed by atoms with Crippen molar-refractivity contribution in [3.05, 3.63) is 12.2 Å². The molecule has 0 aromatic carbocycles. The molecule has 0 saturated carbocycles. The third-order valence-electron chi connectivity index (χ3n) is 2.16. The Hall–Kier alpha value is -0.670. The van der Waals surface area contributed by atoms with Gasteiger partial charge in [-0.15, -0.1) is 0 Å². The predicted molar refractivity (Wildman–Crippen MR) is 41.9 cm³/mol. The minimum absolute atomic E-state index is 0.0373. The molecule has 0 aromatic rings. The summed E-state index contributed by atoms with van der Waals surface area (Å²) in [6.45, 7) is 1.55. The van der Waals surface area contributed by atoms with Crippen LogP contribution < -0.4 is 5.73 Å². The summed E-state index contributed by atoms with van der Waals surface area (Å²) in [7, 11) is 0. The van der Waals surface area contributed by atoms with Gasteiger partial charge < -0.3 is 10.8 Å². The van der Waals surface area contributed by atoms with Crippen LogP contribution in [0.2, 0.25) is 0 Å². The first-order valence-electron chi connectivity index (χ1n) is 3.68. The molecule has 0 radical (unpaired) electrons. The summed E-state index contributed by atoms with van der Waals surface area (Å²) < 4.78 is 0. The summed E-state index contributed by atoms with van der Waals surface area (Å²) in [5.41, 5.74) is 4.91. The van der Waals surface area contributed by atoms with E-state index in [1.807, 2.05) is 0 Å². The number of ketones is 1. The lowest BCUT2D eigenvalue weighted by Crippen LogP contribution is -2.43. The zero-order valence-electron chi connectivity index (χ0n) is 6.58. The first kappa shape index (κ1) is 8.43. The molecule has 0 heterocycles. The lowest BCUT2D eigenvalue weighted by molar-refractivity contribution is -0.120. The van der Waals surface area contributed by atoms with Crippen molar-refractivity contribution in [2.24, 2.45) is 11.7 Å². The first-order chi connectivity index (χ1) is 5.08. The van der Waals surface area contributed by atoms with Crippen molar-refractivity contribution in [1.82, 2.24) is 0 Å². The van der Waals surface area contributed by atoms with Gasteiger partial charge >= 0.3 is 0 Å². The van der Waals surface area contributed by atoms with E-state index in [9.17, 15) is 4.79 Å². The summed E-state index contributed by atoms with van der Waals surface area (Å²) in [5, 5.41) is 8.76. The van der Waals surface area contributed by atoms with Crippen molar-refractivity contribution in [3.63, 3.8) is 0 Å². The molecule has 0 spiro atoms. The molecule has 0 fully saturated rings. The fraction of sp³-hybridized carbons (Fsp3) is 0.625. The standard InChI is InChI=1S/C8H13NO2/c1-6(11)8(9)3-2-7(4-8)5-10/h2-3,7,10H,4-5,9H2,1H3/t7-,8-/m0/s1. The van der Waals surface area contributed by atoms with Gasteiger partial charge in [-0.05, 0) is 13.3 Å². The Labute approximate surface area is 65.9 Å². The molecule has 62 valence electrons. The van der Waals surface area contributed by atoms with Crippen LogP contribution in [0.4, 0.5) is 0 Å². The third-order valence-corrected chi connectivity index (χ3v) is 2.16. The molecular weight excluding hydrogens is 142 g/mol. The fourth-order valence-corrected chi connectivity index (χ4v) is 1.26. The maximum atomic E-state index is 11.0. The van der Waals surface area contributed by atoms with E-state index in [2.05, 4.69) is 0 Å². The second-order valence-corrected chi connectivity index (χ2v) is 3.10. The summed E-state index contributed by atoms with van der Waals surface area (Å²) in [6, 6.07) is 0. The predicted octanol–water partition coefficient (Wildman–Crippen LogP) is -0.159. The fourth-order valence-electron chi connectivity index (χ4n) is 1.26. The molecule has 3 heteroatoms. The quantitative estimate of drug-likeness (QED) is 0.545. The van der Waals surface area contributed by atoms with Crippen LogP contribution in [0, 0.1) is 5.92 Å². The number of hydrogen-bond donors (Lipinski definition) is 2. The van der Waals surface area contributed by atoms with Crippen LogP contribution >= 0.6 is 0 Å². The summed E-state index contributed by atoms with van der Waals surface area (Å²) in [4.78, 5) is 11.0. The molecular formula is C8H13NO2. The monoisotopic (exact) mass is 155 g/mol. The number of carbonyl (C=O) groups is 1. The van der Waals surface area contributed by atoms with Crippen LogP contribution in [-0.2, 0) is 4.79 Å². The zero-order valence-corrected chi connectivity index (χ0v) is 6.58. The molecule has 1 aliphatic carbocycles. The van der Waals surface area contributed by atoms with E-state index in [1.165, 1.54) is 6.92 Å². The van der Waals surface area contributed by atoms with Crippen molar-refractivity contribution >= 4 is 5.78 Å². The number of aliphatic hydroxyl groups excluding tert-OH is 1. The highest BCUT2D eigenvalue weighted by atomic mass is 16.3. The zero-order chi connectivity index (χ0) is 8.48. The number of carbonyl (C=O) groups excluding carboxylic acids is 1. The number of nitrogens with two attached hydrogens (primary N) is 1. The van der Waals surface area contributed by atoms with Crippen LogP contribution in [0.1, 0.15) is 13.3 Å². The Morgan fingerprint density at radius 3 is 2.82 bits per heavy atom. The van der Waals surface area contributed by atoms with Gasteiger partial charge in [-0.25, -0.2) is 0 Å². The minimum Gasteiger partial charge on any atom is -0.396 e. The molecule has 2 atom stereocenters. The largest absolute Gasteiger partial charge is 0.396 e. The van der Waals surface area contributed by atoms with E-state index in [4.69, 9.17) is 10.8 Å². The highest BCUT2D eigenvalue weighted by molar-refractivity contribution is 5.88. The Morgan fingerprint density at radius 2 is 2.55 bits per heavy atom. The molecule has 11 heavy (non-hydrogen) atoms. The van der Waals surface area contributed by atoms with Crippen LogP contribution in [-0.4, -0.2) is 23.0 Å². The van der Waals surface area contributed by atoms with Gasteiger partial charge in [0.2, 0.25) is 0 Å². The van der Waals surface area contributed by atoms with Crippen LogP contribution in [0.5, 0.6) is 0 Å². The first-order valence-corrected chi connectivity index (χ1v) is 3.68. The number of hydrogen-bond acceptors (Lipinski definition) is 3. The third kappa shape index (κ3) is 1.49. The average Bonchev–Trinajstić information content (AvgIpc) is 2.33. The van der Waals surface area contributed by atoms with Crippen LogP contribution in [0.25, 0.3) is 0 Å². The van der Waals surface area contributed by atoms with Gasteiger partial charge in [0.25, 0.3) is 0 Å². The summed E-state index contributed by atoms with van der Waals surface area (Å²) in [5.74, 6) is 0.0219.